The zero-order valence-electron chi connectivity index (χ0n) is 16.0. The van der Waals surface area contributed by atoms with Gasteiger partial charge in [-0.2, -0.15) is 0 Å². The molecule has 0 aromatic heterocycles. The third-order valence-corrected chi connectivity index (χ3v) is 4.46. The molecule has 0 amide bonds. The Labute approximate surface area is 151 Å². The van der Waals surface area contributed by atoms with E-state index >= 15 is 0 Å². The smallest absolute Gasteiger partial charge is 0.191 e. The van der Waals surface area contributed by atoms with Crippen LogP contribution in [0.2, 0.25) is 0 Å². The Hall–Kier alpha value is -1.79. The van der Waals surface area contributed by atoms with Crippen LogP contribution in [0.1, 0.15) is 19.4 Å². The predicted molar refractivity (Wildman–Crippen MR) is 103 cm³/mol. The van der Waals surface area contributed by atoms with Gasteiger partial charge in [0.1, 0.15) is 12.4 Å². The lowest BCUT2D eigenvalue weighted by Gasteiger charge is -2.41. The van der Waals surface area contributed by atoms with Crippen LogP contribution < -0.4 is 15.4 Å². The minimum atomic E-state index is 0.0554. The maximum absolute atomic E-state index is 5.73. The van der Waals surface area contributed by atoms with Crippen LogP contribution in [-0.4, -0.2) is 69.4 Å². The lowest BCUT2D eigenvalue weighted by Crippen LogP contribution is -2.56. The summed E-state index contributed by atoms with van der Waals surface area (Å²) in [5, 5.41) is 6.71. The highest BCUT2D eigenvalue weighted by Gasteiger charge is 2.28. The summed E-state index contributed by atoms with van der Waals surface area (Å²) < 4.78 is 11.2. The zero-order valence-corrected chi connectivity index (χ0v) is 16.0. The number of benzene rings is 1. The topological polar surface area (TPSA) is 58.1 Å². The maximum Gasteiger partial charge on any atom is 0.191 e. The number of guanidine groups is 1. The highest BCUT2D eigenvalue weighted by molar-refractivity contribution is 5.79. The molecule has 1 aliphatic heterocycles. The van der Waals surface area contributed by atoms with Crippen LogP contribution in [0.4, 0.5) is 0 Å². The number of nitrogens with zero attached hydrogens (tertiary/aromatic N) is 2. The molecule has 1 heterocycles. The van der Waals surface area contributed by atoms with E-state index in [1.165, 1.54) is 5.56 Å². The molecular formula is C19H32N4O2. The van der Waals surface area contributed by atoms with E-state index in [9.17, 15) is 0 Å². The van der Waals surface area contributed by atoms with E-state index in [0.717, 1.165) is 44.6 Å². The van der Waals surface area contributed by atoms with Gasteiger partial charge in [0.25, 0.3) is 0 Å². The van der Waals surface area contributed by atoms with Gasteiger partial charge in [-0.3, -0.25) is 9.89 Å². The molecule has 1 saturated heterocycles. The van der Waals surface area contributed by atoms with Crippen molar-refractivity contribution in [2.75, 3.05) is 53.0 Å². The normalized spacial score (nSPS) is 16.6. The van der Waals surface area contributed by atoms with Gasteiger partial charge < -0.3 is 20.1 Å². The molecule has 140 valence electrons. The Morgan fingerprint density at radius 1 is 1.20 bits per heavy atom. The van der Waals surface area contributed by atoms with Crippen molar-refractivity contribution in [2.45, 2.75) is 26.3 Å². The average molecular weight is 348 g/mol. The Morgan fingerprint density at radius 2 is 1.88 bits per heavy atom. The van der Waals surface area contributed by atoms with Crippen LogP contribution in [0.15, 0.2) is 29.3 Å². The number of rotatable bonds is 7. The summed E-state index contributed by atoms with van der Waals surface area (Å²) in [6.07, 6.45) is 0. The van der Waals surface area contributed by atoms with Gasteiger partial charge in [-0.25, -0.2) is 0 Å². The predicted octanol–water partition coefficient (Wildman–Crippen LogP) is 1.65. The van der Waals surface area contributed by atoms with E-state index in [4.69, 9.17) is 9.47 Å². The third-order valence-electron chi connectivity index (χ3n) is 4.46. The lowest BCUT2D eigenvalue weighted by atomic mass is 10.0. The number of hydrogen-bond acceptors (Lipinski definition) is 4. The molecule has 0 spiro atoms. The summed E-state index contributed by atoms with van der Waals surface area (Å²) in [5.74, 6) is 1.69. The summed E-state index contributed by atoms with van der Waals surface area (Å²) in [6, 6.07) is 8.09. The van der Waals surface area contributed by atoms with Gasteiger partial charge in [0.15, 0.2) is 5.96 Å². The number of nitrogens with one attached hydrogen (secondary N) is 2. The van der Waals surface area contributed by atoms with E-state index in [1.54, 1.807) is 7.05 Å². The first-order valence-corrected chi connectivity index (χ1v) is 8.98. The second kappa shape index (κ2) is 9.63. The van der Waals surface area contributed by atoms with Gasteiger partial charge in [-0.05, 0) is 32.9 Å². The van der Waals surface area contributed by atoms with Crippen LogP contribution in [0, 0.1) is 6.92 Å². The van der Waals surface area contributed by atoms with Gasteiger partial charge in [0.05, 0.1) is 19.8 Å². The van der Waals surface area contributed by atoms with Crippen molar-refractivity contribution in [3.8, 4) is 5.75 Å². The van der Waals surface area contributed by atoms with Crippen LogP contribution in [-0.2, 0) is 4.74 Å². The molecule has 1 aromatic carbocycles. The molecule has 1 aliphatic rings. The first kappa shape index (κ1) is 19.5. The van der Waals surface area contributed by atoms with E-state index < -0.39 is 0 Å². The van der Waals surface area contributed by atoms with Crippen molar-refractivity contribution in [1.82, 2.24) is 15.5 Å². The molecule has 1 aromatic rings. The summed E-state index contributed by atoms with van der Waals surface area (Å²) in [7, 11) is 1.79. The summed E-state index contributed by atoms with van der Waals surface area (Å²) in [4.78, 5) is 6.74. The summed E-state index contributed by atoms with van der Waals surface area (Å²) in [6.45, 7) is 12.3. The SMILES string of the molecule is CN=C(NCCOc1ccc(C)cc1)NCC(C)(C)N1CCOCC1. The Bertz CT molecular complexity index is 537. The van der Waals surface area contributed by atoms with Crippen LogP contribution in [0.25, 0.3) is 0 Å². The van der Waals surface area contributed by atoms with Crippen molar-refractivity contribution in [1.29, 1.82) is 0 Å². The molecule has 0 aliphatic carbocycles. The van der Waals surface area contributed by atoms with E-state index in [0.29, 0.717) is 13.2 Å². The van der Waals surface area contributed by atoms with Gasteiger partial charge in [0.2, 0.25) is 0 Å². The molecule has 2 N–H and O–H groups in total. The second-order valence-corrected chi connectivity index (χ2v) is 6.93. The molecule has 0 radical (unpaired) electrons. The monoisotopic (exact) mass is 348 g/mol. The van der Waals surface area contributed by atoms with Crippen LogP contribution in [0.5, 0.6) is 5.75 Å². The first-order chi connectivity index (χ1) is 12.0. The molecule has 6 heteroatoms. The molecular weight excluding hydrogens is 316 g/mol. The van der Waals surface area contributed by atoms with Crippen molar-refractivity contribution in [3.05, 3.63) is 29.8 Å². The minimum absolute atomic E-state index is 0.0554. The van der Waals surface area contributed by atoms with Crippen molar-refractivity contribution in [2.24, 2.45) is 4.99 Å². The quantitative estimate of drug-likeness (QED) is 0.446. The Kier molecular flexibility index (Phi) is 7.52. The molecule has 25 heavy (non-hydrogen) atoms. The molecule has 6 nitrogen and oxygen atoms in total. The Balaban J connectivity index is 1.68. The highest BCUT2D eigenvalue weighted by atomic mass is 16.5. The van der Waals surface area contributed by atoms with E-state index in [1.807, 2.05) is 12.1 Å². The van der Waals surface area contributed by atoms with Gasteiger partial charge in [-0.15, -0.1) is 0 Å². The van der Waals surface area contributed by atoms with Gasteiger partial charge in [0, 0.05) is 32.2 Å². The number of aryl methyl sites for hydroxylation is 1. The standard InChI is InChI=1S/C19H32N4O2/c1-16-5-7-17(8-6-16)25-12-9-21-18(20-4)22-15-19(2,3)23-10-13-24-14-11-23/h5-8H,9-15H2,1-4H3,(H2,20,21,22). The molecule has 0 unspecified atom stereocenters. The fourth-order valence-corrected chi connectivity index (χ4v) is 2.77. The van der Waals surface area contributed by atoms with E-state index in [-0.39, 0.29) is 5.54 Å². The average Bonchev–Trinajstić information content (AvgIpc) is 2.63. The molecule has 1 fully saturated rings. The second-order valence-electron chi connectivity index (χ2n) is 6.93. The molecule has 0 atom stereocenters. The molecule has 0 bridgehead atoms. The Morgan fingerprint density at radius 3 is 2.52 bits per heavy atom. The van der Waals surface area contributed by atoms with Gasteiger partial charge >= 0.3 is 0 Å². The number of morpholine rings is 1. The lowest BCUT2D eigenvalue weighted by molar-refractivity contribution is -0.00834. The molecule has 0 saturated carbocycles. The number of ether oxygens (including phenoxy) is 2. The van der Waals surface area contributed by atoms with Crippen LogP contribution in [0.3, 0.4) is 0 Å². The van der Waals surface area contributed by atoms with Crippen molar-refractivity contribution >= 4 is 5.96 Å². The maximum atomic E-state index is 5.73. The van der Waals surface area contributed by atoms with E-state index in [2.05, 4.69) is 53.4 Å². The summed E-state index contributed by atoms with van der Waals surface area (Å²) >= 11 is 0. The minimum Gasteiger partial charge on any atom is -0.492 e. The zero-order chi connectivity index (χ0) is 18.1. The fraction of sp³-hybridized carbons (Fsp3) is 0.632. The summed E-state index contributed by atoms with van der Waals surface area (Å²) in [5.41, 5.74) is 1.29. The van der Waals surface area contributed by atoms with Crippen molar-refractivity contribution in [3.63, 3.8) is 0 Å². The number of aliphatic imine (C=N–C) groups is 1. The highest BCUT2D eigenvalue weighted by Crippen LogP contribution is 2.15. The van der Waals surface area contributed by atoms with Gasteiger partial charge in [-0.1, -0.05) is 17.7 Å². The fourth-order valence-electron chi connectivity index (χ4n) is 2.77. The van der Waals surface area contributed by atoms with Crippen LogP contribution >= 0.6 is 0 Å². The number of hydrogen-bond donors (Lipinski definition) is 2. The molecule has 2 rings (SSSR count). The largest absolute Gasteiger partial charge is 0.492 e. The third kappa shape index (κ3) is 6.55. The first-order valence-electron chi connectivity index (χ1n) is 8.98. The van der Waals surface area contributed by atoms with Crippen molar-refractivity contribution < 1.29 is 9.47 Å².